The van der Waals surface area contributed by atoms with Crippen molar-refractivity contribution in [3.63, 3.8) is 0 Å². The van der Waals surface area contributed by atoms with E-state index in [-0.39, 0.29) is 17.0 Å². The zero-order chi connectivity index (χ0) is 15.3. The van der Waals surface area contributed by atoms with Crippen molar-refractivity contribution in [1.29, 1.82) is 0 Å². The molecule has 0 spiro atoms. The zero-order valence-electron chi connectivity index (χ0n) is 12.6. The van der Waals surface area contributed by atoms with E-state index in [2.05, 4.69) is 23.9 Å². The number of nitrogens with one attached hydrogen (secondary N) is 2. The van der Waals surface area contributed by atoms with Gasteiger partial charge in [0.15, 0.2) is 0 Å². The van der Waals surface area contributed by atoms with Crippen molar-refractivity contribution < 1.29 is 8.42 Å². The minimum absolute atomic E-state index is 0.0704. The van der Waals surface area contributed by atoms with Crippen molar-refractivity contribution in [2.24, 2.45) is 11.7 Å². The van der Waals surface area contributed by atoms with E-state index < -0.39 is 10.0 Å². The minimum Gasteiger partial charge on any atom is -0.383 e. The van der Waals surface area contributed by atoms with E-state index in [1.165, 1.54) is 0 Å². The van der Waals surface area contributed by atoms with Crippen molar-refractivity contribution in [1.82, 2.24) is 4.72 Å². The summed E-state index contributed by atoms with van der Waals surface area (Å²) >= 11 is 0. The van der Waals surface area contributed by atoms with Crippen LogP contribution < -0.4 is 15.8 Å². The summed E-state index contributed by atoms with van der Waals surface area (Å²) in [4.78, 5) is 0.268. The highest BCUT2D eigenvalue weighted by molar-refractivity contribution is 7.89. The highest BCUT2D eigenvalue weighted by atomic mass is 32.2. The van der Waals surface area contributed by atoms with Gasteiger partial charge in [-0.15, -0.1) is 0 Å². The van der Waals surface area contributed by atoms with E-state index >= 15 is 0 Å². The summed E-state index contributed by atoms with van der Waals surface area (Å²) in [6.07, 6.45) is 0. The third kappa shape index (κ3) is 5.11. The van der Waals surface area contributed by atoms with E-state index in [1.807, 2.05) is 0 Å². The van der Waals surface area contributed by atoms with Crippen LogP contribution in [-0.4, -0.2) is 27.0 Å². The predicted octanol–water partition coefficient (Wildman–Crippen LogP) is 1.77. The number of rotatable bonds is 7. The molecular formula is C14H25N3O2S. The van der Waals surface area contributed by atoms with Gasteiger partial charge in [-0.2, -0.15) is 0 Å². The molecule has 0 aliphatic heterocycles. The van der Waals surface area contributed by atoms with Crippen molar-refractivity contribution in [2.45, 2.75) is 44.7 Å². The summed E-state index contributed by atoms with van der Waals surface area (Å²) in [6.45, 7) is 8.38. The lowest BCUT2D eigenvalue weighted by atomic mass is 10.1. The van der Waals surface area contributed by atoms with E-state index in [1.54, 1.807) is 38.1 Å². The van der Waals surface area contributed by atoms with Crippen LogP contribution in [0.5, 0.6) is 0 Å². The van der Waals surface area contributed by atoms with Crippen LogP contribution in [0.3, 0.4) is 0 Å². The molecule has 6 heteroatoms. The van der Waals surface area contributed by atoms with Gasteiger partial charge in [-0.3, -0.25) is 0 Å². The van der Waals surface area contributed by atoms with Crippen LogP contribution in [0.1, 0.15) is 27.7 Å². The van der Waals surface area contributed by atoms with Crippen molar-refractivity contribution in [2.75, 3.05) is 11.9 Å². The average Bonchev–Trinajstić information content (AvgIpc) is 2.34. The quantitative estimate of drug-likeness (QED) is 0.716. The highest BCUT2D eigenvalue weighted by Crippen LogP contribution is 2.14. The van der Waals surface area contributed by atoms with Crippen molar-refractivity contribution in [3.8, 4) is 0 Å². The summed E-state index contributed by atoms with van der Waals surface area (Å²) in [7, 11) is -3.42. The van der Waals surface area contributed by atoms with E-state index in [4.69, 9.17) is 5.73 Å². The van der Waals surface area contributed by atoms with Gasteiger partial charge >= 0.3 is 0 Å². The van der Waals surface area contributed by atoms with Gasteiger partial charge in [0.05, 0.1) is 4.90 Å². The fourth-order valence-corrected chi connectivity index (χ4v) is 2.85. The third-order valence-corrected chi connectivity index (χ3v) is 4.63. The van der Waals surface area contributed by atoms with Gasteiger partial charge in [-0.25, -0.2) is 13.1 Å². The van der Waals surface area contributed by atoms with E-state index in [0.29, 0.717) is 12.5 Å². The lowest BCUT2D eigenvalue weighted by Gasteiger charge is -2.17. The molecule has 0 bridgehead atoms. The lowest BCUT2D eigenvalue weighted by Crippen LogP contribution is -2.34. The number of benzene rings is 1. The Bertz CT molecular complexity index is 510. The molecule has 1 unspecified atom stereocenters. The summed E-state index contributed by atoms with van der Waals surface area (Å²) in [5.74, 6) is 0.400. The molecule has 114 valence electrons. The molecule has 0 aromatic heterocycles. The minimum atomic E-state index is -3.42. The van der Waals surface area contributed by atoms with Crippen LogP contribution in [-0.2, 0) is 10.0 Å². The lowest BCUT2D eigenvalue weighted by molar-refractivity contribution is 0.511. The van der Waals surface area contributed by atoms with Crippen molar-refractivity contribution in [3.05, 3.63) is 24.3 Å². The first-order chi connectivity index (χ1) is 9.22. The Morgan fingerprint density at radius 3 is 2.10 bits per heavy atom. The van der Waals surface area contributed by atoms with Crippen LogP contribution >= 0.6 is 0 Å². The maximum atomic E-state index is 12.0. The first-order valence-electron chi connectivity index (χ1n) is 6.84. The first kappa shape index (κ1) is 16.9. The largest absolute Gasteiger partial charge is 0.383 e. The topological polar surface area (TPSA) is 84.2 Å². The molecule has 1 rings (SSSR count). The van der Waals surface area contributed by atoms with Gasteiger partial charge in [0.1, 0.15) is 0 Å². The van der Waals surface area contributed by atoms with Gasteiger partial charge in [-0.1, -0.05) is 13.8 Å². The molecule has 0 saturated heterocycles. The SMILES string of the molecule is CC(C)NS(=O)(=O)c1ccc(NCC(N)C(C)C)cc1. The number of hydrogen-bond donors (Lipinski definition) is 3. The normalized spacial score (nSPS) is 13.8. The molecule has 0 aliphatic carbocycles. The maximum absolute atomic E-state index is 12.0. The Labute approximate surface area is 122 Å². The molecular weight excluding hydrogens is 274 g/mol. The Morgan fingerprint density at radius 1 is 1.10 bits per heavy atom. The molecule has 0 saturated carbocycles. The summed E-state index contributed by atoms with van der Waals surface area (Å²) in [5, 5.41) is 3.20. The second-order valence-corrected chi connectivity index (χ2v) is 7.30. The predicted molar refractivity (Wildman–Crippen MR) is 83.2 cm³/mol. The van der Waals surface area contributed by atoms with Gasteiger partial charge in [0.25, 0.3) is 0 Å². The van der Waals surface area contributed by atoms with E-state index in [0.717, 1.165) is 5.69 Å². The Kier molecular flexibility index (Phi) is 5.98. The number of anilines is 1. The maximum Gasteiger partial charge on any atom is 0.240 e. The first-order valence-corrected chi connectivity index (χ1v) is 8.32. The monoisotopic (exact) mass is 299 g/mol. The molecule has 0 radical (unpaired) electrons. The highest BCUT2D eigenvalue weighted by Gasteiger charge is 2.15. The van der Waals surface area contributed by atoms with Crippen LogP contribution in [0.25, 0.3) is 0 Å². The summed E-state index contributed by atoms with van der Waals surface area (Å²) in [6, 6.07) is 6.63. The summed E-state index contributed by atoms with van der Waals surface area (Å²) < 4.78 is 26.5. The number of hydrogen-bond acceptors (Lipinski definition) is 4. The Balaban J connectivity index is 2.70. The molecule has 0 heterocycles. The van der Waals surface area contributed by atoms with Gasteiger partial charge in [0.2, 0.25) is 10.0 Å². The fraction of sp³-hybridized carbons (Fsp3) is 0.571. The molecule has 0 aliphatic rings. The molecule has 1 aromatic rings. The van der Waals surface area contributed by atoms with Gasteiger partial charge in [-0.05, 0) is 44.0 Å². The van der Waals surface area contributed by atoms with Crippen LogP contribution in [0.4, 0.5) is 5.69 Å². The molecule has 20 heavy (non-hydrogen) atoms. The smallest absolute Gasteiger partial charge is 0.240 e. The number of nitrogens with two attached hydrogens (primary N) is 1. The molecule has 4 N–H and O–H groups in total. The molecule has 5 nitrogen and oxygen atoms in total. The second kappa shape index (κ2) is 7.06. The van der Waals surface area contributed by atoms with Crippen LogP contribution in [0.2, 0.25) is 0 Å². The molecule has 1 atom stereocenters. The van der Waals surface area contributed by atoms with Crippen molar-refractivity contribution >= 4 is 15.7 Å². The van der Waals surface area contributed by atoms with Gasteiger partial charge in [0, 0.05) is 24.3 Å². The standard InChI is InChI=1S/C14H25N3O2S/c1-10(2)14(15)9-16-12-5-7-13(8-6-12)20(18,19)17-11(3)4/h5-8,10-11,14,16-17H,9,15H2,1-4H3. The summed E-state index contributed by atoms with van der Waals surface area (Å²) in [5.41, 5.74) is 6.82. The number of sulfonamides is 1. The Hall–Kier alpha value is -1.11. The molecule has 1 aromatic carbocycles. The average molecular weight is 299 g/mol. The van der Waals surface area contributed by atoms with Crippen LogP contribution in [0, 0.1) is 5.92 Å². The van der Waals surface area contributed by atoms with Gasteiger partial charge < -0.3 is 11.1 Å². The zero-order valence-corrected chi connectivity index (χ0v) is 13.4. The second-order valence-electron chi connectivity index (χ2n) is 5.59. The fourth-order valence-electron chi connectivity index (χ4n) is 1.60. The molecule has 0 amide bonds. The Morgan fingerprint density at radius 2 is 1.65 bits per heavy atom. The molecule has 0 fully saturated rings. The third-order valence-electron chi connectivity index (χ3n) is 2.95. The van der Waals surface area contributed by atoms with Crippen LogP contribution in [0.15, 0.2) is 29.2 Å². The van der Waals surface area contributed by atoms with E-state index in [9.17, 15) is 8.42 Å².